The molecule has 0 heterocycles. The van der Waals surface area contributed by atoms with Crippen molar-refractivity contribution in [3.63, 3.8) is 0 Å². The van der Waals surface area contributed by atoms with Gasteiger partial charge in [-0.2, -0.15) is 0 Å². The number of aliphatic carboxylic acids is 1. The SMILES string of the molecule is CC(C)(C)c1cccc(C23CC4CC(CC(C4)C2=COCCCC(=O)O)C3)c1O[Si](c1ccccc1)c1ccccc1. The molecule has 2 unspecified atom stereocenters. The molecule has 0 spiro atoms. The second-order valence-corrected chi connectivity index (χ2v) is 15.7. The number of carbonyl (C=O) groups is 1. The molecule has 3 aromatic rings. The smallest absolute Gasteiger partial charge is 0.352 e. The number of hydrogen-bond acceptors (Lipinski definition) is 3. The highest BCUT2D eigenvalue weighted by molar-refractivity contribution is 6.80. The second-order valence-electron chi connectivity index (χ2n) is 13.7. The van der Waals surface area contributed by atoms with Crippen LogP contribution in [0.25, 0.3) is 0 Å². The van der Waals surface area contributed by atoms with Gasteiger partial charge in [-0.25, -0.2) is 0 Å². The highest BCUT2D eigenvalue weighted by atomic mass is 28.3. The Labute approximate surface area is 252 Å². The van der Waals surface area contributed by atoms with Crippen LogP contribution in [-0.2, 0) is 20.4 Å². The van der Waals surface area contributed by atoms with Crippen molar-refractivity contribution < 1.29 is 19.1 Å². The molecule has 0 aromatic heterocycles. The number of para-hydroxylation sites is 1. The molecular weight excluding hydrogens is 536 g/mol. The first-order valence-corrected chi connectivity index (χ1v) is 17.0. The van der Waals surface area contributed by atoms with Crippen molar-refractivity contribution in [3.05, 3.63) is 102 Å². The molecule has 2 atom stereocenters. The fourth-order valence-corrected chi connectivity index (χ4v) is 10.1. The molecule has 0 amide bonds. The second kappa shape index (κ2) is 11.8. The van der Waals surface area contributed by atoms with Crippen LogP contribution in [0.15, 0.2) is 90.7 Å². The van der Waals surface area contributed by atoms with Crippen molar-refractivity contribution in [2.24, 2.45) is 17.8 Å². The Kier molecular flexibility index (Phi) is 8.06. The van der Waals surface area contributed by atoms with E-state index in [9.17, 15) is 4.79 Å². The fraction of sp³-hybridized carbons (Fsp3) is 0.432. The van der Waals surface area contributed by atoms with Crippen molar-refractivity contribution in [2.75, 3.05) is 6.61 Å². The lowest BCUT2D eigenvalue weighted by atomic mass is 9.46. The van der Waals surface area contributed by atoms with Gasteiger partial charge >= 0.3 is 15.0 Å². The number of carboxylic acids is 1. The fourth-order valence-electron chi connectivity index (χ4n) is 8.07. The molecule has 0 aliphatic heterocycles. The summed E-state index contributed by atoms with van der Waals surface area (Å²) in [6, 6.07) is 28.3. The van der Waals surface area contributed by atoms with E-state index in [1.807, 2.05) is 6.26 Å². The van der Waals surface area contributed by atoms with E-state index in [-0.39, 0.29) is 17.3 Å². The van der Waals surface area contributed by atoms with E-state index in [1.54, 1.807) is 0 Å². The Balaban J connectivity index is 1.47. The van der Waals surface area contributed by atoms with Crippen molar-refractivity contribution in [1.29, 1.82) is 0 Å². The summed E-state index contributed by atoms with van der Waals surface area (Å²) in [6.45, 7) is 7.31. The molecule has 4 aliphatic rings. The quantitative estimate of drug-likeness (QED) is 0.159. The van der Waals surface area contributed by atoms with Crippen LogP contribution in [0.4, 0.5) is 0 Å². The van der Waals surface area contributed by atoms with Gasteiger partial charge in [-0.1, -0.05) is 99.6 Å². The van der Waals surface area contributed by atoms with Crippen molar-refractivity contribution in [2.45, 2.75) is 76.5 Å². The zero-order valence-electron chi connectivity index (χ0n) is 25.1. The summed E-state index contributed by atoms with van der Waals surface area (Å²) in [5, 5.41) is 11.6. The molecule has 219 valence electrons. The maximum atomic E-state index is 11.1. The van der Waals surface area contributed by atoms with Crippen LogP contribution in [0.5, 0.6) is 5.75 Å². The van der Waals surface area contributed by atoms with E-state index >= 15 is 0 Å². The molecular formula is C37H43O4Si. The predicted octanol–water partition coefficient (Wildman–Crippen LogP) is 7.01. The third kappa shape index (κ3) is 5.68. The molecule has 4 aliphatic carbocycles. The Morgan fingerprint density at radius 1 is 0.905 bits per heavy atom. The molecule has 7 rings (SSSR count). The first-order chi connectivity index (χ1) is 20.2. The monoisotopic (exact) mass is 579 g/mol. The maximum absolute atomic E-state index is 11.1. The van der Waals surface area contributed by atoms with E-state index < -0.39 is 15.0 Å². The first kappa shape index (κ1) is 28.8. The molecule has 5 heteroatoms. The highest BCUT2D eigenvalue weighted by Crippen LogP contribution is 2.65. The van der Waals surface area contributed by atoms with Gasteiger partial charge in [-0.15, -0.1) is 0 Å². The molecule has 1 N–H and O–H groups in total. The van der Waals surface area contributed by atoms with Crippen molar-refractivity contribution in [3.8, 4) is 5.75 Å². The lowest BCUT2D eigenvalue weighted by Gasteiger charge is -2.58. The van der Waals surface area contributed by atoms with Gasteiger partial charge in [0.25, 0.3) is 0 Å². The minimum Gasteiger partial charge on any atom is -0.532 e. The van der Waals surface area contributed by atoms with Gasteiger partial charge in [0.1, 0.15) is 5.75 Å². The summed E-state index contributed by atoms with van der Waals surface area (Å²) in [7, 11) is -1.58. The minimum absolute atomic E-state index is 0.0921. The zero-order chi connectivity index (χ0) is 29.3. The first-order valence-electron chi connectivity index (χ1n) is 15.6. The van der Waals surface area contributed by atoms with Crippen LogP contribution in [-0.4, -0.2) is 26.7 Å². The van der Waals surface area contributed by atoms with Gasteiger partial charge in [-0.05, 0) is 83.2 Å². The van der Waals surface area contributed by atoms with Crippen LogP contribution in [0, 0.1) is 17.8 Å². The molecule has 1 radical (unpaired) electrons. The molecule has 4 saturated carbocycles. The van der Waals surface area contributed by atoms with Crippen molar-refractivity contribution >= 4 is 25.4 Å². The standard InChI is InChI=1S/C37H43O4Si/c1-36(2,3)31-16-10-17-32(35(31)41-42(29-12-6-4-7-13-29)30-14-8-5-9-15-30)37-23-26-20-27(24-37)22-28(21-26)33(37)25-40-19-11-18-34(38)39/h4-10,12-17,25-28H,11,18-24H2,1-3H3,(H,38,39). The van der Waals surface area contributed by atoms with E-state index in [0.717, 1.165) is 30.4 Å². The summed E-state index contributed by atoms with van der Waals surface area (Å²) in [6.07, 6.45) is 8.77. The van der Waals surface area contributed by atoms with E-state index in [0.29, 0.717) is 18.9 Å². The van der Waals surface area contributed by atoms with Crippen LogP contribution < -0.4 is 14.8 Å². The number of benzene rings is 3. The van der Waals surface area contributed by atoms with Gasteiger partial charge in [0.15, 0.2) is 0 Å². The van der Waals surface area contributed by atoms with Crippen LogP contribution >= 0.6 is 0 Å². The van der Waals surface area contributed by atoms with E-state index in [2.05, 4.69) is 99.6 Å². The number of carboxylic acid groups (broad SMARTS) is 1. The summed E-state index contributed by atoms with van der Waals surface area (Å²) >= 11 is 0. The Hall–Kier alpha value is -3.31. The summed E-state index contributed by atoms with van der Waals surface area (Å²) in [5.74, 6) is 2.27. The Morgan fingerprint density at radius 2 is 1.52 bits per heavy atom. The molecule has 3 aromatic carbocycles. The summed E-state index contributed by atoms with van der Waals surface area (Å²) in [5.41, 5.74) is 3.79. The van der Waals surface area contributed by atoms with Crippen molar-refractivity contribution in [1.82, 2.24) is 0 Å². The third-order valence-corrected chi connectivity index (χ3v) is 11.8. The van der Waals surface area contributed by atoms with Crippen LogP contribution in [0.2, 0.25) is 0 Å². The molecule has 42 heavy (non-hydrogen) atoms. The number of rotatable bonds is 10. The number of hydrogen-bond donors (Lipinski definition) is 1. The minimum atomic E-state index is -1.58. The maximum Gasteiger partial charge on any atom is 0.352 e. The molecule has 4 nitrogen and oxygen atoms in total. The Bertz CT molecular complexity index is 1370. The topological polar surface area (TPSA) is 55.8 Å². The lowest BCUT2D eigenvalue weighted by Crippen LogP contribution is -2.52. The average Bonchev–Trinajstić information content (AvgIpc) is 2.97. The van der Waals surface area contributed by atoms with E-state index in [4.69, 9.17) is 14.3 Å². The molecule has 4 bridgehead atoms. The van der Waals surface area contributed by atoms with Gasteiger partial charge in [0.2, 0.25) is 0 Å². The van der Waals surface area contributed by atoms with Gasteiger partial charge in [-0.3, -0.25) is 4.79 Å². The normalized spacial score (nSPS) is 25.6. The van der Waals surface area contributed by atoms with Gasteiger partial charge in [0.05, 0.1) is 12.9 Å². The average molecular weight is 580 g/mol. The van der Waals surface area contributed by atoms with Crippen LogP contribution in [0.3, 0.4) is 0 Å². The van der Waals surface area contributed by atoms with Gasteiger partial charge < -0.3 is 14.3 Å². The third-order valence-electron chi connectivity index (χ3n) is 9.65. The molecule has 4 fully saturated rings. The predicted molar refractivity (Wildman–Crippen MR) is 170 cm³/mol. The lowest BCUT2D eigenvalue weighted by molar-refractivity contribution is -0.137. The highest BCUT2D eigenvalue weighted by Gasteiger charge is 2.56. The molecule has 0 saturated heterocycles. The zero-order valence-corrected chi connectivity index (χ0v) is 26.1. The largest absolute Gasteiger partial charge is 0.532 e. The number of ether oxygens (including phenoxy) is 1. The summed E-state index contributed by atoms with van der Waals surface area (Å²) < 4.78 is 13.6. The number of allylic oxidation sites excluding steroid dienone is 1. The van der Waals surface area contributed by atoms with Gasteiger partial charge in [0, 0.05) is 17.4 Å². The Morgan fingerprint density at radius 3 is 2.10 bits per heavy atom. The van der Waals surface area contributed by atoms with E-state index in [1.165, 1.54) is 46.3 Å². The summed E-state index contributed by atoms with van der Waals surface area (Å²) in [4.78, 5) is 11.1. The van der Waals surface area contributed by atoms with Crippen LogP contribution in [0.1, 0.15) is 76.8 Å².